The molecule has 2 rings (SSSR count). The smallest absolute Gasteiger partial charge is 0.311 e. The van der Waals surface area contributed by atoms with Crippen LogP contribution in [0.5, 0.6) is 5.75 Å². The van der Waals surface area contributed by atoms with E-state index in [-0.39, 0.29) is 18.0 Å². The zero-order valence-corrected chi connectivity index (χ0v) is 13.5. The number of hydrogen-bond acceptors (Lipinski definition) is 5. The number of carbonyl (C=O) groups is 1. The van der Waals surface area contributed by atoms with Gasteiger partial charge in [-0.2, -0.15) is 5.10 Å². The Labute approximate surface area is 143 Å². The summed E-state index contributed by atoms with van der Waals surface area (Å²) >= 11 is 5.76. The molecule has 2 aromatic rings. The minimum atomic E-state index is -0.557. The zero-order chi connectivity index (χ0) is 17.5. The van der Waals surface area contributed by atoms with Gasteiger partial charge in [-0.15, -0.1) is 0 Å². The highest BCUT2D eigenvalue weighted by atomic mass is 35.5. The number of ether oxygens (including phenoxy) is 1. The summed E-state index contributed by atoms with van der Waals surface area (Å²) in [5.74, 6) is -0.502. The first-order chi connectivity index (χ1) is 11.5. The second-order valence-electron chi connectivity index (χ2n) is 4.86. The van der Waals surface area contributed by atoms with E-state index in [1.165, 1.54) is 18.3 Å². The van der Waals surface area contributed by atoms with Gasteiger partial charge in [0.15, 0.2) is 12.4 Å². The third-order valence-electron chi connectivity index (χ3n) is 2.94. The molecule has 0 aliphatic heterocycles. The van der Waals surface area contributed by atoms with E-state index in [0.29, 0.717) is 5.02 Å². The highest BCUT2D eigenvalue weighted by Gasteiger charge is 2.16. The van der Waals surface area contributed by atoms with Crippen LogP contribution in [0.4, 0.5) is 5.69 Å². The molecule has 0 radical (unpaired) electrons. The van der Waals surface area contributed by atoms with E-state index < -0.39 is 10.8 Å². The highest BCUT2D eigenvalue weighted by Crippen LogP contribution is 2.27. The molecule has 7 nitrogen and oxygen atoms in total. The number of amides is 1. The van der Waals surface area contributed by atoms with Crippen molar-refractivity contribution in [3.8, 4) is 5.75 Å². The van der Waals surface area contributed by atoms with Gasteiger partial charge in [0.25, 0.3) is 5.91 Å². The molecule has 24 heavy (non-hydrogen) atoms. The van der Waals surface area contributed by atoms with Crippen LogP contribution < -0.4 is 10.2 Å². The van der Waals surface area contributed by atoms with Gasteiger partial charge in [-0.25, -0.2) is 5.43 Å². The average molecular weight is 348 g/mol. The fourth-order valence-electron chi connectivity index (χ4n) is 1.80. The first kappa shape index (κ1) is 17.4. The molecule has 0 saturated carbocycles. The SMILES string of the molecule is Cc1ccc(OCC(=O)N/N=C/c2ccc(Cl)cc2)c([N+](=O)[O-])c1. The third kappa shape index (κ3) is 5.06. The lowest BCUT2D eigenvalue weighted by Gasteiger charge is -2.06. The topological polar surface area (TPSA) is 93.8 Å². The molecule has 0 fully saturated rings. The Kier molecular flexibility index (Phi) is 5.86. The maximum atomic E-state index is 11.7. The summed E-state index contributed by atoms with van der Waals surface area (Å²) in [4.78, 5) is 22.1. The Hall–Kier alpha value is -2.93. The predicted octanol–water partition coefficient (Wildman–Crippen LogP) is 3.09. The van der Waals surface area contributed by atoms with Crippen molar-refractivity contribution < 1.29 is 14.5 Å². The molecule has 0 spiro atoms. The monoisotopic (exact) mass is 347 g/mol. The summed E-state index contributed by atoms with van der Waals surface area (Å²) in [5.41, 5.74) is 3.58. The van der Waals surface area contributed by atoms with Crippen LogP contribution in [0.1, 0.15) is 11.1 Å². The van der Waals surface area contributed by atoms with E-state index in [0.717, 1.165) is 11.1 Å². The van der Waals surface area contributed by atoms with Crippen molar-refractivity contribution >= 4 is 29.4 Å². The first-order valence-corrected chi connectivity index (χ1v) is 7.29. The Balaban J connectivity index is 1.89. The van der Waals surface area contributed by atoms with E-state index in [1.807, 2.05) is 0 Å². The Morgan fingerprint density at radius 3 is 2.71 bits per heavy atom. The molecular weight excluding hydrogens is 334 g/mol. The number of benzene rings is 2. The van der Waals surface area contributed by atoms with E-state index in [4.69, 9.17) is 16.3 Å². The minimum absolute atomic E-state index is 0.0300. The fraction of sp³-hybridized carbons (Fsp3) is 0.125. The maximum absolute atomic E-state index is 11.7. The molecule has 2 aromatic carbocycles. The van der Waals surface area contributed by atoms with E-state index in [2.05, 4.69) is 10.5 Å². The number of hydrazone groups is 1. The Morgan fingerprint density at radius 2 is 2.04 bits per heavy atom. The standard InChI is InChI=1S/C16H14ClN3O4/c1-11-2-7-15(14(8-11)20(22)23)24-10-16(21)19-18-9-12-3-5-13(17)6-4-12/h2-9H,10H2,1H3,(H,19,21)/b18-9+. The molecule has 0 bridgehead atoms. The third-order valence-corrected chi connectivity index (χ3v) is 3.19. The number of nitrogens with zero attached hydrogens (tertiary/aromatic N) is 2. The molecule has 0 unspecified atom stereocenters. The zero-order valence-electron chi connectivity index (χ0n) is 12.7. The number of nitrogens with one attached hydrogen (secondary N) is 1. The Bertz CT molecular complexity index is 775. The second kappa shape index (κ2) is 8.07. The number of nitro groups is 1. The van der Waals surface area contributed by atoms with Gasteiger partial charge in [-0.1, -0.05) is 29.8 Å². The molecule has 124 valence electrons. The summed E-state index contributed by atoms with van der Waals surface area (Å²) < 4.78 is 5.19. The molecule has 0 aromatic heterocycles. The summed E-state index contributed by atoms with van der Waals surface area (Å²) in [6.07, 6.45) is 1.45. The van der Waals surface area contributed by atoms with Crippen LogP contribution in [0.2, 0.25) is 5.02 Å². The van der Waals surface area contributed by atoms with Crippen molar-refractivity contribution in [3.63, 3.8) is 0 Å². The molecule has 0 saturated heterocycles. The van der Waals surface area contributed by atoms with E-state index in [1.54, 1.807) is 37.3 Å². The van der Waals surface area contributed by atoms with Crippen molar-refractivity contribution in [2.45, 2.75) is 6.92 Å². The van der Waals surface area contributed by atoms with Crippen molar-refractivity contribution in [2.24, 2.45) is 5.10 Å². The van der Waals surface area contributed by atoms with E-state index in [9.17, 15) is 14.9 Å². The highest BCUT2D eigenvalue weighted by molar-refractivity contribution is 6.30. The average Bonchev–Trinajstić information content (AvgIpc) is 2.55. The van der Waals surface area contributed by atoms with Crippen LogP contribution in [0.15, 0.2) is 47.6 Å². The number of halogens is 1. The van der Waals surface area contributed by atoms with Gasteiger partial charge in [0.2, 0.25) is 0 Å². The summed E-state index contributed by atoms with van der Waals surface area (Å²) in [6, 6.07) is 11.4. The van der Waals surface area contributed by atoms with Gasteiger partial charge < -0.3 is 4.74 Å². The first-order valence-electron chi connectivity index (χ1n) is 6.91. The van der Waals surface area contributed by atoms with Gasteiger partial charge in [-0.3, -0.25) is 14.9 Å². The molecule has 0 heterocycles. The van der Waals surface area contributed by atoms with Crippen LogP contribution >= 0.6 is 11.6 Å². The largest absolute Gasteiger partial charge is 0.477 e. The minimum Gasteiger partial charge on any atom is -0.477 e. The predicted molar refractivity (Wildman–Crippen MR) is 90.5 cm³/mol. The lowest BCUT2D eigenvalue weighted by atomic mass is 10.2. The lowest BCUT2D eigenvalue weighted by Crippen LogP contribution is -2.24. The van der Waals surface area contributed by atoms with Crippen molar-refractivity contribution in [1.82, 2.24) is 5.43 Å². The number of nitro benzene ring substituents is 1. The van der Waals surface area contributed by atoms with Crippen LogP contribution in [0.25, 0.3) is 0 Å². The number of carbonyl (C=O) groups excluding carboxylic acids is 1. The molecule has 0 aliphatic carbocycles. The van der Waals surface area contributed by atoms with Gasteiger partial charge in [0, 0.05) is 11.1 Å². The molecule has 0 aliphatic rings. The van der Waals surface area contributed by atoms with Crippen LogP contribution in [-0.4, -0.2) is 23.7 Å². The van der Waals surface area contributed by atoms with Crippen LogP contribution in [0.3, 0.4) is 0 Å². The van der Waals surface area contributed by atoms with Crippen LogP contribution in [-0.2, 0) is 4.79 Å². The number of aryl methyl sites for hydroxylation is 1. The molecule has 8 heteroatoms. The molecule has 0 atom stereocenters. The van der Waals surface area contributed by atoms with Gasteiger partial charge in [0.05, 0.1) is 11.1 Å². The van der Waals surface area contributed by atoms with Gasteiger partial charge in [-0.05, 0) is 36.2 Å². The normalized spacial score (nSPS) is 10.6. The second-order valence-corrected chi connectivity index (χ2v) is 5.30. The Morgan fingerprint density at radius 1 is 1.33 bits per heavy atom. The summed E-state index contributed by atoms with van der Waals surface area (Å²) in [5, 5.41) is 15.3. The molecule has 1 amide bonds. The fourth-order valence-corrected chi connectivity index (χ4v) is 1.92. The molecular formula is C16H14ClN3O4. The summed E-state index contributed by atoms with van der Waals surface area (Å²) in [6.45, 7) is 1.34. The quantitative estimate of drug-likeness (QED) is 0.493. The summed E-state index contributed by atoms with van der Waals surface area (Å²) in [7, 11) is 0. The van der Waals surface area contributed by atoms with Crippen LogP contribution in [0, 0.1) is 17.0 Å². The maximum Gasteiger partial charge on any atom is 0.311 e. The van der Waals surface area contributed by atoms with Crippen molar-refractivity contribution in [2.75, 3.05) is 6.61 Å². The molecule has 1 N–H and O–H groups in total. The number of hydrogen-bond donors (Lipinski definition) is 1. The number of rotatable bonds is 6. The lowest BCUT2D eigenvalue weighted by molar-refractivity contribution is -0.385. The van der Waals surface area contributed by atoms with Crippen molar-refractivity contribution in [1.29, 1.82) is 0 Å². The van der Waals surface area contributed by atoms with E-state index >= 15 is 0 Å². The van der Waals surface area contributed by atoms with Crippen molar-refractivity contribution in [3.05, 3.63) is 68.7 Å². The van der Waals surface area contributed by atoms with Gasteiger partial charge >= 0.3 is 5.69 Å². The van der Waals surface area contributed by atoms with Gasteiger partial charge in [0.1, 0.15) is 0 Å².